The Kier molecular flexibility index (Phi) is 5.41. The Morgan fingerprint density at radius 1 is 1.38 bits per heavy atom. The molecule has 4 nitrogen and oxygen atoms in total. The quantitative estimate of drug-likeness (QED) is 0.822. The molecule has 1 saturated heterocycles. The van der Waals surface area contributed by atoms with Crippen molar-refractivity contribution < 1.29 is 8.42 Å². The summed E-state index contributed by atoms with van der Waals surface area (Å²) in [5, 5.41) is 3.34. The molecule has 1 atom stereocenters. The van der Waals surface area contributed by atoms with Gasteiger partial charge in [0.1, 0.15) is 0 Å². The fraction of sp³-hybridized carbons (Fsp3) is 0.625. The van der Waals surface area contributed by atoms with Gasteiger partial charge in [-0.2, -0.15) is 4.31 Å². The fourth-order valence-corrected chi connectivity index (χ4v) is 4.89. The molecular formula is C16H26N2O2S. The van der Waals surface area contributed by atoms with Crippen molar-refractivity contribution >= 4 is 10.0 Å². The summed E-state index contributed by atoms with van der Waals surface area (Å²) >= 11 is 0. The average Bonchev–Trinajstić information content (AvgIpc) is 2.88. The maximum absolute atomic E-state index is 12.9. The largest absolute Gasteiger partial charge is 0.313 e. The van der Waals surface area contributed by atoms with E-state index >= 15 is 0 Å². The van der Waals surface area contributed by atoms with Gasteiger partial charge in [0, 0.05) is 19.1 Å². The maximum atomic E-state index is 12.9. The lowest BCUT2D eigenvalue weighted by Gasteiger charge is -2.23. The van der Waals surface area contributed by atoms with Crippen LogP contribution in [0.2, 0.25) is 0 Å². The van der Waals surface area contributed by atoms with Crippen LogP contribution < -0.4 is 5.32 Å². The number of sulfonamides is 1. The summed E-state index contributed by atoms with van der Waals surface area (Å²) < 4.78 is 27.4. The molecule has 1 N–H and O–H groups in total. The van der Waals surface area contributed by atoms with Crippen molar-refractivity contribution in [1.82, 2.24) is 9.62 Å². The first-order chi connectivity index (χ1) is 9.98. The summed E-state index contributed by atoms with van der Waals surface area (Å²) in [6.07, 6.45) is 2.98. The monoisotopic (exact) mass is 310 g/mol. The van der Waals surface area contributed by atoms with E-state index < -0.39 is 10.0 Å². The molecule has 1 aliphatic heterocycles. The lowest BCUT2D eigenvalue weighted by Crippen LogP contribution is -2.34. The molecule has 1 aliphatic rings. The van der Waals surface area contributed by atoms with Gasteiger partial charge in [-0.3, -0.25) is 0 Å². The van der Waals surface area contributed by atoms with Gasteiger partial charge in [-0.15, -0.1) is 0 Å². The van der Waals surface area contributed by atoms with Crippen molar-refractivity contribution in [1.29, 1.82) is 0 Å². The number of nitrogens with one attached hydrogen (secondary N) is 1. The Morgan fingerprint density at radius 2 is 2.14 bits per heavy atom. The van der Waals surface area contributed by atoms with E-state index in [1.165, 1.54) is 0 Å². The normalized spacial score (nSPS) is 20.0. The summed E-state index contributed by atoms with van der Waals surface area (Å²) in [5.41, 5.74) is 1.94. The Morgan fingerprint density at radius 3 is 2.76 bits per heavy atom. The zero-order chi connectivity index (χ0) is 15.5. The SMILES string of the molecule is CCCNCc1cccc(S(=O)(=O)N2CCCC2C)c1C. The van der Waals surface area contributed by atoms with Crippen molar-refractivity contribution in [3.63, 3.8) is 0 Å². The maximum Gasteiger partial charge on any atom is 0.243 e. The average molecular weight is 310 g/mol. The first-order valence-electron chi connectivity index (χ1n) is 7.79. The lowest BCUT2D eigenvalue weighted by molar-refractivity contribution is 0.408. The van der Waals surface area contributed by atoms with Crippen LogP contribution in [0.3, 0.4) is 0 Å². The van der Waals surface area contributed by atoms with Gasteiger partial charge in [0.15, 0.2) is 0 Å². The molecule has 21 heavy (non-hydrogen) atoms. The van der Waals surface area contributed by atoms with Gasteiger partial charge >= 0.3 is 0 Å². The third kappa shape index (κ3) is 3.47. The minimum absolute atomic E-state index is 0.108. The number of nitrogens with zero attached hydrogens (tertiary/aromatic N) is 1. The van der Waals surface area contributed by atoms with E-state index in [-0.39, 0.29) is 6.04 Å². The molecule has 2 rings (SSSR count). The van der Waals surface area contributed by atoms with Crippen molar-refractivity contribution in [3.05, 3.63) is 29.3 Å². The molecule has 1 aromatic rings. The van der Waals surface area contributed by atoms with Crippen molar-refractivity contribution in [2.45, 2.75) is 57.5 Å². The minimum atomic E-state index is -3.37. The van der Waals surface area contributed by atoms with Gasteiger partial charge in [-0.1, -0.05) is 19.1 Å². The predicted molar refractivity (Wildman–Crippen MR) is 85.8 cm³/mol. The van der Waals surface area contributed by atoms with E-state index in [9.17, 15) is 8.42 Å². The third-order valence-corrected chi connectivity index (χ3v) is 6.38. The van der Waals surface area contributed by atoms with Crippen LogP contribution in [0.4, 0.5) is 0 Å². The van der Waals surface area contributed by atoms with Crippen LogP contribution in [0, 0.1) is 6.92 Å². The zero-order valence-corrected chi connectivity index (χ0v) is 14.0. The fourth-order valence-electron chi connectivity index (χ4n) is 2.92. The first-order valence-corrected chi connectivity index (χ1v) is 9.23. The van der Waals surface area contributed by atoms with Crippen molar-refractivity contribution in [2.24, 2.45) is 0 Å². The number of hydrogen-bond donors (Lipinski definition) is 1. The molecule has 5 heteroatoms. The van der Waals surface area contributed by atoms with Gasteiger partial charge in [-0.25, -0.2) is 8.42 Å². The van der Waals surface area contributed by atoms with E-state index in [2.05, 4.69) is 12.2 Å². The molecule has 1 aromatic carbocycles. The highest BCUT2D eigenvalue weighted by Gasteiger charge is 2.33. The van der Waals surface area contributed by atoms with Gasteiger partial charge in [0.05, 0.1) is 4.90 Å². The Balaban J connectivity index is 2.29. The second-order valence-corrected chi connectivity index (χ2v) is 7.68. The predicted octanol–water partition coefficient (Wildman–Crippen LogP) is 2.67. The molecule has 118 valence electrons. The summed E-state index contributed by atoms with van der Waals surface area (Å²) in [6, 6.07) is 5.70. The van der Waals surface area contributed by atoms with Crippen molar-refractivity contribution in [3.8, 4) is 0 Å². The summed E-state index contributed by atoms with van der Waals surface area (Å²) in [5.74, 6) is 0. The Hall–Kier alpha value is -0.910. The van der Waals surface area contributed by atoms with E-state index in [4.69, 9.17) is 0 Å². The third-order valence-electron chi connectivity index (χ3n) is 4.22. The molecule has 0 saturated carbocycles. The van der Waals surface area contributed by atoms with Gasteiger partial charge in [0.2, 0.25) is 10.0 Å². The highest BCUT2D eigenvalue weighted by molar-refractivity contribution is 7.89. The van der Waals surface area contributed by atoms with E-state index in [1.54, 1.807) is 10.4 Å². The highest BCUT2D eigenvalue weighted by Crippen LogP contribution is 2.28. The van der Waals surface area contributed by atoms with Crippen LogP contribution in [0.5, 0.6) is 0 Å². The van der Waals surface area contributed by atoms with Crippen LogP contribution in [0.25, 0.3) is 0 Å². The Labute approximate surface area is 128 Å². The molecule has 1 fully saturated rings. The highest BCUT2D eigenvalue weighted by atomic mass is 32.2. The summed E-state index contributed by atoms with van der Waals surface area (Å²) in [4.78, 5) is 0.465. The van der Waals surface area contributed by atoms with Crippen molar-refractivity contribution in [2.75, 3.05) is 13.1 Å². The molecular weight excluding hydrogens is 284 g/mol. The Bertz CT molecular complexity index is 584. The standard InChI is InChI=1S/C16H26N2O2S/c1-4-10-17-12-15-8-5-9-16(14(15)3)21(19,20)18-11-6-7-13(18)2/h5,8-9,13,17H,4,6-7,10-12H2,1-3H3. The van der Waals surface area contributed by atoms with E-state index in [1.807, 2.05) is 26.0 Å². The molecule has 1 heterocycles. The van der Waals surface area contributed by atoms with Gasteiger partial charge in [0.25, 0.3) is 0 Å². The summed E-state index contributed by atoms with van der Waals surface area (Å²) in [7, 11) is -3.37. The molecule has 1 unspecified atom stereocenters. The molecule has 0 bridgehead atoms. The number of hydrogen-bond acceptors (Lipinski definition) is 3. The molecule has 0 aliphatic carbocycles. The van der Waals surface area contributed by atoms with Crippen LogP contribution in [0.1, 0.15) is 44.2 Å². The second kappa shape index (κ2) is 6.90. The molecule has 0 spiro atoms. The van der Waals surface area contributed by atoms with Gasteiger partial charge in [-0.05, 0) is 56.8 Å². The molecule has 0 amide bonds. The van der Waals surface area contributed by atoms with E-state index in [0.29, 0.717) is 11.4 Å². The second-order valence-electron chi connectivity index (χ2n) is 5.82. The van der Waals surface area contributed by atoms with Gasteiger partial charge < -0.3 is 5.32 Å². The smallest absolute Gasteiger partial charge is 0.243 e. The van der Waals surface area contributed by atoms with Crippen LogP contribution in [-0.2, 0) is 16.6 Å². The molecule has 0 aromatic heterocycles. The number of benzene rings is 1. The van der Waals surface area contributed by atoms with Crippen LogP contribution in [0.15, 0.2) is 23.1 Å². The van der Waals surface area contributed by atoms with Crippen LogP contribution >= 0.6 is 0 Å². The first kappa shape index (κ1) is 16.5. The lowest BCUT2D eigenvalue weighted by atomic mass is 10.1. The zero-order valence-electron chi connectivity index (χ0n) is 13.2. The van der Waals surface area contributed by atoms with E-state index in [0.717, 1.165) is 43.5 Å². The minimum Gasteiger partial charge on any atom is -0.313 e. The topological polar surface area (TPSA) is 49.4 Å². The van der Waals surface area contributed by atoms with Crippen LogP contribution in [-0.4, -0.2) is 31.9 Å². The molecule has 0 radical (unpaired) electrons. The number of rotatable bonds is 6. The summed E-state index contributed by atoms with van der Waals surface area (Å²) in [6.45, 7) is 8.33.